The van der Waals surface area contributed by atoms with E-state index in [0.717, 1.165) is 63.7 Å². The molecule has 8 heteroatoms. The van der Waals surface area contributed by atoms with Crippen LogP contribution in [-0.2, 0) is 9.47 Å². The molecule has 0 spiro atoms. The van der Waals surface area contributed by atoms with Gasteiger partial charge >= 0.3 is 0 Å². The Balaban J connectivity index is 1.59. The first-order valence-corrected chi connectivity index (χ1v) is 12.4. The topological polar surface area (TPSA) is 78.2 Å². The fourth-order valence-corrected chi connectivity index (χ4v) is 4.30. The number of anilines is 2. The van der Waals surface area contributed by atoms with Crippen molar-refractivity contribution in [1.82, 2.24) is 4.98 Å². The van der Waals surface area contributed by atoms with Crippen LogP contribution in [0.4, 0.5) is 11.4 Å². The number of hydrogen-bond donors (Lipinski definition) is 1. The highest BCUT2D eigenvalue weighted by Gasteiger charge is 2.21. The molecule has 0 amide bonds. The van der Waals surface area contributed by atoms with Crippen molar-refractivity contribution in [2.75, 3.05) is 63.1 Å². The molecule has 0 bridgehead atoms. The van der Waals surface area contributed by atoms with Gasteiger partial charge in [-0.3, -0.25) is 0 Å². The summed E-state index contributed by atoms with van der Waals surface area (Å²) < 4.78 is 30.2. The summed E-state index contributed by atoms with van der Waals surface area (Å²) in [6, 6.07) is 6.25. The van der Waals surface area contributed by atoms with Gasteiger partial charge in [-0.15, -0.1) is 0 Å². The summed E-state index contributed by atoms with van der Waals surface area (Å²) in [7, 11) is 0. The molecule has 2 heterocycles. The first kappa shape index (κ1) is 25.1. The van der Waals surface area contributed by atoms with Gasteiger partial charge < -0.3 is 33.6 Å². The van der Waals surface area contributed by atoms with Crippen molar-refractivity contribution in [3.05, 3.63) is 40.8 Å². The van der Waals surface area contributed by atoms with E-state index in [0.29, 0.717) is 52.1 Å². The van der Waals surface area contributed by atoms with Gasteiger partial charge in [-0.05, 0) is 44.9 Å². The molecule has 2 aromatic carbocycles. The lowest BCUT2D eigenvalue weighted by atomic mass is 10.1. The highest BCUT2D eigenvalue weighted by atomic mass is 16.5. The van der Waals surface area contributed by atoms with E-state index >= 15 is 0 Å². The molecule has 0 radical (unpaired) electrons. The second-order valence-corrected chi connectivity index (χ2v) is 8.87. The number of nitrogens with one attached hydrogen (secondary N) is 1. The monoisotopic (exact) mass is 483 g/mol. The van der Waals surface area contributed by atoms with E-state index in [4.69, 9.17) is 23.4 Å². The lowest BCUT2D eigenvalue weighted by Crippen LogP contribution is -2.32. The van der Waals surface area contributed by atoms with E-state index in [2.05, 4.69) is 47.2 Å². The molecule has 3 aromatic rings. The molecule has 0 saturated heterocycles. The van der Waals surface area contributed by atoms with Gasteiger partial charge in [-0.1, -0.05) is 13.0 Å². The summed E-state index contributed by atoms with van der Waals surface area (Å²) >= 11 is 0. The molecule has 1 aromatic heterocycles. The van der Waals surface area contributed by atoms with E-state index in [1.54, 1.807) is 0 Å². The molecule has 1 aliphatic heterocycles. The zero-order valence-corrected chi connectivity index (χ0v) is 21.5. The molecular formula is C27H37N3O5. The Morgan fingerprint density at radius 1 is 1.03 bits per heavy atom. The minimum absolute atomic E-state index is 0.404. The van der Waals surface area contributed by atoms with Crippen LogP contribution in [0.15, 0.2) is 22.6 Å². The predicted molar refractivity (Wildman–Crippen MR) is 138 cm³/mol. The van der Waals surface area contributed by atoms with Gasteiger partial charge in [0.2, 0.25) is 0 Å². The first-order valence-electron chi connectivity index (χ1n) is 12.4. The second kappa shape index (κ2) is 11.6. The van der Waals surface area contributed by atoms with Gasteiger partial charge in [0.15, 0.2) is 11.5 Å². The third-order valence-electron chi connectivity index (χ3n) is 6.07. The average molecular weight is 484 g/mol. The molecule has 4 rings (SSSR count). The average Bonchev–Trinajstić information content (AvgIpc) is 3.24. The number of aromatic nitrogens is 1. The van der Waals surface area contributed by atoms with Gasteiger partial charge in [0, 0.05) is 37.7 Å². The maximum Gasteiger partial charge on any atom is 0.192 e. The van der Waals surface area contributed by atoms with Gasteiger partial charge in [-0.2, -0.15) is 0 Å². The molecule has 0 atom stereocenters. The molecule has 0 fully saturated rings. The van der Waals surface area contributed by atoms with Crippen LogP contribution in [0.25, 0.3) is 11.1 Å². The lowest BCUT2D eigenvalue weighted by molar-refractivity contribution is 0.117. The van der Waals surface area contributed by atoms with Crippen LogP contribution < -0.4 is 19.7 Å². The maximum absolute atomic E-state index is 6.28. The van der Waals surface area contributed by atoms with Crippen LogP contribution in [-0.4, -0.2) is 57.8 Å². The quantitative estimate of drug-likeness (QED) is 0.499. The largest absolute Gasteiger partial charge is 0.488 e. The summed E-state index contributed by atoms with van der Waals surface area (Å²) in [5, 5.41) is 3.51. The normalized spacial score (nSPS) is 14.9. The van der Waals surface area contributed by atoms with Gasteiger partial charge in [0.05, 0.1) is 24.6 Å². The summed E-state index contributed by atoms with van der Waals surface area (Å²) in [5.41, 5.74) is 6.59. The molecule has 1 aliphatic rings. The Morgan fingerprint density at radius 2 is 1.86 bits per heavy atom. The van der Waals surface area contributed by atoms with Crippen molar-refractivity contribution in [3.8, 4) is 11.5 Å². The van der Waals surface area contributed by atoms with Gasteiger partial charge in [0.25, 0.3) is 0 Å². The van der Waals surface area contributed by atoms with Crippen LogP contribution >= 0.6 is 0 Å². The number of rotatable bonds is 5. The van der Waals surface area contributed by atoms with E-state index in [1.807, 2.05) is 20.8 Å². The number of aryl methyl sites for hydroxylation is 4. The van der Waals surface area contributed by atoms with E-state index in [1.165, 1.54) is 0 Å². The third kappa shape index (κ3) is 5.82. The molecule has 0 unspecified atom stereocenters. The standard InChI is InChI=1S/C27H37N3O5/c1-6-11-31-13-10-30-17-32-12-9-28-24-19(3)27-25(29-21(5)35-27)20(4)26(24)34-15-14-33-23-16-18(2)7-8-22(23)30/h7-8,16,28H,6,9-15,17H2,1-5H3. The summed E-state index contributed by atoms with van der Waals surface area (Å²) in [6.07, 6.45) is 1.00. The van der Waals surface area contributed by atoms with Crippen molar-refractivity contribution in [2.45, 2.75) is 41.0 Å². The number of fused-ring (bicyclic) bond motifs is 3. The highest BCUT2D eigenvalue weighted by Crippen LogP contribution is 2.39. The second-order valence-electron chi connectivity index (χ2n) is 8.87. The maximum atomic E-state index is 6.28. The van der Waals surface area contributed by atoms with Gasteiger partial charge in [-0.25, -0.2) is 4.98 Å². The van der Waals surface area contributed by atoms with E-state index in [9.17, 15) is 0 Å². The Kier molecular flexibility index (Phi) is 8.36. The number of hydrogen-bond acceptors (Lipinski definition) is 8. The lowest BCUT2D eigenvalue weighted by Gasteiger charge is -2.27. The Hall–Kier alpha value is -2.97. The SMILES string of the molecule is CCCOCCN1COCCNc2c(c(C)c3nc(C)oc3c2C)OCCOc2cc(C)ccc21. The zero-order valence-electron chi connectivity index (χ0n) is 21.5. The number of oxazole rings is 1. The Morgan fingerprint density at radius 3 is 2.69 bits per heavy atom. The molecular weight excluding hydrogens is 446 g/mol. The smallest absolute Gasteiger partial charge is 0.192 e. The number of ether oxygens (including phenoxy) is 4. The Labute approximate surface area is 207 Å². The molecule has 0 saturated carbocycles. The fraction of sp³-hybridized carbons (Fsp3) is 0.519. The minimum atomic E-state index is 0.404. The molecule has 0 aliphatic carbocycles. The van der Waals surface area contributed by atoms with Crippen LogP contribution in [0.5, 0.6) is 11.5 Å². The van der Waals surface area contributed by atoms with Crippen molar-refractivity contribution in [1.29, 1.82) is 0 Å². The van der Waals surface area contributed by atoms with Crippen LogP contribution in [0.2, 0.25) is 0 Å². The highest BCUT2D eigenvalue weighted by molar-refractivity contribution is 5.90. The van der Waals surface area contributed by atoms with Crippen LogP contribution in [0.1, 0.15) is 35.9 Å². The van der Waals surface area contributed by atoms with Crippen molar-refractivity contribution in [2.24, 2.45) is 0 Å². The van der Waals surface area contributed by atoms with Crippen LogP contribution in [0, 0.1) is 27.7 Å². The van der Waals surface area contributed by atoms with Gasteiger partial charge in [0.1, 0.15) is 37.0 Å². The molecule has 190 valence electrons. The fourth-order valence-electron chi connectivity index (χ4n) is 4.30. The summed E-state index contributed by atoms with van der Waals surface area (Å²) in [6.45, 7) is 14.6. The first-order chi connectivity index (χ1) is 17.0. The van der Waals surface area contributed by atoms with Crippen molar-refractivity contribution < 1.29 is 23.4 Å². The number of nitrogens with zero attached hydrogens (tertiary/aromatic N) is 2. The van der Waals surface area contributed by atoms with E-state index in [-0.39, 0.29) is 0 Å². The summed E-state index contributed by atoms with van der Waals surface area (Å²) in [5.74, 6) is 2.24. The minimum Gasteiger partial charge on any atom is -0.488 e. The predicted octanol–water partition coefficient (Wildman–Crippen LogP) is 5.15. The molecule has 8 nitrogen and oxygen atoms in total. The zero-order chi connectivity index (χ0) is 24.8. The van der Waals surface area contributed by atoms with Crippen molar-refractivity contribution >= 4 is 22.5 Å². The third-order valence-corrected chi connectivity index (χ3v) is 6.07. The summed E-state index contributed by atoms with van der Waals surface area (Å²) in [4.78, 5) is 6.74. The molecule has 1 N–H and O–H groups in total. The Bertz CT molecular complexity index is 1140. The number of benzene rings is 2. The molecule has 35 heavy (non-hydrogen) atoms. The van der Waals surface area contributed by atoms with Crippen LogP contribution in [0.3, 0.4) is 0 Å². The van der Waals surface area contributed by atoms with Crippen molar-refractivity contribution in [3.63, 3.8) is 0 Å². The van der Waals surface area contributed by atoms with E-state index < -0.39 is 0 Å².